The summed E-state index contributed by atoms with van der Waals surface area (Å²) in [6.07, 6.45) is 3.56. The van der Waals surface area contributed by atoms with Crippen LogP contribution in [0.4, 0.5) is 23.0 Å². The van der Waals surface area contributed by atoms with Crippen molar-refractivity contribution in [2.45, 2.75) is 5.92 Å². The number of hydrogen-bond donors (Lipinski definition) is 2. The Labute approximate surface area is 364 Å². The fraction of sp³-hybridized carbons (Fsp3) is 0.0175. The standard InChI is InChI=1S/C57H36N6/c1-2-11-34(12-3-1)35-13-8-14-38(31-35)53-47-32-36(39-25-27-49-54-43(39)15-9-17-45(54)56(60-49)62-51-19-4-6-29-58-51)21-23-41(47)42-24-22-37(33-48(42)53)40-26-28-50-55-44(40)16-10-18-46(55)57(61-50)63-52-20-5-7-30-59-52/h1-33,53H,(H,58,60,62)(H,59,61,63). The van der Waals surface area contributed by atoms with Crippen molar-refractivity contribution in [2.24, 2.45) is 9.98 Å². The fourth-order valence-corrected chi connectivity index (χ4v) is 10.0. The second kappa shape index (κ2) is 14.0. The zero-order valence-electron chi connectivity index (χ0n) is 33.9. The van der Waals surface area contributed by atoms with Crippen LogP contribution in [0.15, 0.2) is 210 Å². The maximum atomic E-state index is 4.90. The maximum absolute atomic E-state index is 4.90. The normalized spacial score (nSPS) is 14.6. The lowest BCUT2D eigenvalue weighted by atomic mass is 9.85. The van der Waals surface area contributed by atoms with Crippen molar-refractivity contribution in [3.05, 3.63) is 228 Å². The summed E-state index contributed by atoms with van der Waals surface area (Å²) in [6.45, 7) is 0. The van der Waals surface area contributed by atoms with E-state index in [9.17, 15) is 0 Å². The summed E-state index contributed by atoms with van der Waals surface area (Å²) in [4.78, 5) is 18.7. The first-order valence-corrected chi connectivity index (χ1v) is 21.3. The van der Waals surface area contributed by atoms with Crippen molar-refractivity contribution in [2.75, 3.05) is 10.6 Å². The fourth-order valence-electron chi connectivity index (χ4n) is 10.0. The summed E-state index contributed by atoms with van der Waals surface area (Å²) < 4.78 is 0. The van der Waals surface area contributed by atoms with Crippen LogP contribution >= 0.6 is 0 Å². The molecule has 0 bridgehead atoms. The lowest BCUT2D eigenvalue weighted by Gasteiger charge is -2.18. The van der Waals surface area contributed by atoms with Gasteiger partial charge in [-0.05, 0) is 121 Å². The average molecular weight is 805 g/mol. The lowest BCUT2D eigenvalue weighted by Crippen LogP contribution is -2.06. The monoisotopic (exact) mass is 804 g/mol. The Bertz CT molecular complexity index is 3360. The molecule has 10 aromatic rings. The number of rotatable bonds is 6. The molecule has 0 radical (unpaired) electrons. The summed E-state index contributed by atoms with van der Waals surface area (Å²) in [6, 6.07) is 67.5. The minimum Gasteiger partial charge on any atom is -0.339 e. The van der Waals surface area contributed by atoms with Crippen molar-refractivity contribution in [1.82, 2.24) is 9.97 Å². The first-order valence-electron chi connectivity index (χ1n) is 21.3. The Balaban J connectivity index is 0.955. The van der Waals surface area contributed by atoms with Crippen molar-refractivity contribution in [3.63, 3.8) is 0 Å². The predicted molar refractivity (Wildman–Crippen MR) is 259 cm³/mol. The second-order valence-electron chi connectivity index (χ2n) is 16.4. The van der Waals surface area contributed by atoms with E-state index in [1.54, 1.807) is 12.4 Å². The van der Waals surface area contributed by atoms with Crippen LogP contribution in [0.3, 0.4) is 0 Å². The molecule has 2 aromatic heterocycles. The molecule has 0 saturated heterocycles. The summed E-state index contributed by atoms with van der Waals surface area (Å²) in [5, 5.41) is 11.9. The van der Waals surface area contributed by atoms with Crippen molar-refractivity contribution in [1.29, 1.82) is 0 Å². The zero-order chi connectivity index (χ0) is 41.4. The molecular weight excluding hydrogens is 769 g/mol. The largest absolute Gasteiger partial charge is 0.339 e. The van der Waals surface area contributed by atoms with E-state index < -0.39 is 0 Å². The van der Waals surface area contributed by atoms with Gasteiger partial charge >= 0.3 is 0 Å². The summed E-state index contributed by atoms with van der Waals surface area (Å²) in [5.74, 6) is 3.02. The van der Waals surface area contributed by atoms with Crippen molar-refractivity contribution < 1.29 is 0 Å². The minimum absolute atomic E-state index is 0.0182. The van der Waals surface area contributed by atoms with Gasteiger partial charge in [0.25, 0.3) is 0 Å². The molecule has 2 N–H and O–H groups in total. The molecule has 0 fully saturated rings. The molecule has 8 aromatic carbocycles. The van der Waals surface area contributed by atoms with E-state index in [0.29, 0.717) is 11.6 Å². The third-order valence-electron chi connectivity index (χ3n) is 12.8. The van der Waals surface area contributed by atoms with Gasteiger partial charge in [0, 0.05) is 51.6 Å². The van der Waals surface area contributed by atoms with Crippen molar-refractivity contribution in [3.8, 4) is 44.5 Å². The molecule has 63 heavy (non-hydrogen) atoms. The number of benzene rings is 8. The van der Waals surface area contributed by atoms with Crippen LogP contribution in [-0.4, -0.2) is 21.6 Å². The van der Waals surface area contributed by atoms with Crippen LogP contribution < -0.4 is 10.6 Å². The van der Waals surface area contributed by atoms with Gasteiger partial charge < -0.3 is 10.6 Å². The smallest absolute Gasteiger partial charge is 0.154 e. The molecule has 3 aliphatic rings. The molecule has 0 unspecified atom stereocenters. The van der Waals surface area contributed by atoms with Gasteiger partial charge in [0.05, 0.1) is 0 Å². The van der Waals surface area contributed by atoms with Gasteiger partial charge in [0.2, 0.25) is 0 Å². The highest BCUT2D eigenvalue weighted by molar-refractivity contribution is 6.29. The van der Waals surface area contributed by atoms with Crippen molar-refractivity contribution >= 4 is 56.2 Å². The number of anilines is 2. The molecular formula is C57H36N6. The van der Waals surface area contributed by atoms with Gasteiger partial charge in [-0.15, -0.1) is 0 Å². The molecule has 6 heteroatoms. The van der Waals surface area contributed by atoms with Gasteiger partial charge in [0.1, 0.15) is 11.7 Å². The Morgan fingerprint density at radius 3 is 1.41 bits per heavy atom. The molecule has 294 valence electrons. The van der Waals surface area contributed by atoms with Crippen LogP contribution in [0, 0.1) is 0 Å². The molecule has 4 heterocycles. The predicted octanol–water partition coefficient (Wildman–Crippen LogP) is 14.0. The molecule has 6 nitrogen and oxygen atoms in total. The molecule has 0 saturated carbocycles. The SMILES string of the molecule is c1ccc(-c2cccc(C3c4cc(-c5ccc6c7c(cccc57)/C(=N/c5ccccn5)N6)ccc4-c4ccc(-c5ccc6c7c(cccc57)/C(=N/c5ccccn5)N6)cc43)c2)cc1. The number of aromatic nitrogens is 2. The van der Waals surface area contributed by atoms with Gasteiger partial charge in [0.15, 0.2) is 11.6 Å². The van der Waals surface area contributed by atoms with Crippen LogP contribution in [0.2, 0.25) is 0 Å². The maximum Gasteiger partial charge on any atom is 0.154 e. The molecule has 0 atom stereocenters. The van der Waals surface area contributed by atoms with Gasteiger partial charge in [-0.25, -0.2) is 20.0 Å². The first-order chi connectivity index (χ1) is 31.2. The van der Waals surface area contributed by atoms with Crippen LogP contribution in [0.1, 0.15) is 33.7 Å². The number of aliphatic imine (C=N–C) groups is 2. The Hall–Kier alpha value is -8.48. The topological polar surface area (TPSA) is 74.6 Å². The van der Waals surface area contributed by atoms with E-state index in [-0.39, 0.29) is 5.92 Å². The number of amidine groups is 2. The molecule has 2 aliphatic heterocycles. The summed E-state index contributed by atoms with van der Waals surface area (Å²) >= 11 is 0. The van der Waals surface area contributed by atoms with E-state index in [1.165, 1.54) is 82.7 Å². The Morgan fingerprint density at radius 1 is 0.365 bits per heavy atom. The quantitative estimate of drug-likeness (QED) is 0.176. The van der Waals surface area contributed by atoms with E-state index in [4.69, 9.17) is 9.98 Å². The van der Waals surface area contributed by atoms with E-state index in [0.717, 1.165) is 34.2 Å². The number of hydrogen-bond acceptors (Lipinski definition) is 4. The third-order valence-corrected chi connectivity index (χ3v) is 12.8. The number of nitrogens with one attached hydrogen (secondary N) is 2. The number of nitrogens with zero attached hydrogens (tertiary/aromatic N) is 4. The molecule has 0 amide bonds. The summed E-state index contributed by atoms with van der Waals surface area (Å²) in [5.41, 5.74) is 17.9. The molecule has 13 rings (SSSR count). The van der Waals surface area contributed by atoms with Crippen LogP contribution in [0.25, 0.3) is 66.1 Å². The van der Waals surface area contributed by atoms with E-state index in [1.807, 2.05) is 36.4 Å². The Kier molecular flexibility index (Phi) is 7.87. The minimum atomic E-state index is 0.0182. The summed E-state index contributed by atoms with van der Waals surface area (Å²) in [7, 11) is 0. The highest BCUT2D eigenvalue weighted by atomic mass is 15.1. The average Bonchev–Trinajstić information content (AvgIpc) is 4.00. The van der Waals surface area contributed by atoms with Gasteiger partial charge in [-0.2, -0.15) is 0 Å². The molecule has 0 spiro atoms. The lowest BCUT2D eigenvalue weighted by molar-refractivity contribution is 1.02. The zero-order valence-corrected chi connectivity index (χ0v) is 33.9. The highest BCUT2D eigenvalue weighted by Crippen LogP contribution is 2.52. The number of pyridine rings is 2. The van der Waals surface area contributed by atoms with E-state index in [2.05, 4.69) is 172 Å². The van der Waals surface area contributed by atoms with Gasteiger partial charge in [-0.1, -0.05) is 140 Å². The molecule has 1 aliphatic carbocycles. The third kappa shape index (κ3) is 5.73. The highest BCUT2D eigenvalue weighted by Gasteiger charge is 2.32. The van der Waals surface area contributed by atoms with E-state index >= 15 is 0 Å². The van der Waals surface area contributed by atoms with Crippen LogP contribution in [0.5, 0.6) is 0 Å². The second-order valence-corrected chi connectivity index (χ2v) is 16.4. The van der Waals surface area contributed by atoms with Gasteiger partial charge in [-0.3, -0.25) is 0 Å². The Morgan fingerprint density at radius 2 is 0.873 bits per heavy atom. The number of fused-ring (bicyclic) bond motifs is 3. The first kappa shape index (κ1) is 35.3. The van der Waals surface area contributed by atoms with Crippen LogP contribution in [-0.2, 0) is 0 Å².